The maximum atomic E-state index is 12.1. The van der Waals surface area contributed by atoms with E-state index in [1.54, 1.807) is 12.3 Å². The first kappa shape index (κ1) is 15.8. The molecule has 1 aliphatic carbocycles. The number of nitrogen functional groups attached to an aromatic ring is 1. The van der Waals surface area contributed by atoms with Gasteiger partial charge >= 0.3 is 0 Å². The van der Waals surface area contributed by atoms with Crippen LogP contribution in [0.15, 0.2) is 18.5 Å². The van der Waals surface area contributed by atoms with Crippen LogP contribution in [0, 0.1) is 0 Å². The molecule has 1 saturated carbocycles. The topological polar surface area (TPSA) is 68.0 Å². The molecule has 19 heavy (non-hydrogen) atoms. The number of rotatable bonds is 2. The van der Waals surface area contributed by atoms with Crippen molar-refractivity contribution in [3.63, 3.8) is 0 Å². The first-order valence-corrected chi connectivity index (χ1v) is 6.78. The molecule has 1 aliphatic rings. The highest BCUT2D eigenvalue weighted by molar-refractivity contribution is 5.98. The number of nitrogens with zero attached hydrogens (tertiary/aromatic N) is 1. The van der Waals surface area contributed by atoms with Crippen LogP contribution in [0.5, 0.6) is 0 Å². The third-order valence-electron chi connectivity index (χ3n) is 3.54. The zero-order valence-electron chi connectivity index (χ0n) is 11.1. The lowest BCUT2D eigenvalue weighted by molar-refractivity contribution is 0.0931. The van der Waals surface area contributed by atoms with Crippen molar-refractivity contribution in [2.24, 2.45) is 0 Å². The average Bonchev–Trinajstić information content (AvgIpc) is 2.33. The standard InChI is InChI=1S/C14H21N3O.ClH/c15-13-8-9-16-10-12(13)14(18)17-11-6-4-2-1-3-5-7-11;/h8-11H,1-7H2,(H2,15,16)(H,17,18);1H. The Morgan fingerprint density at radius 1 is 1.21 bits per heavy atom. The molecule has 1 heterocycles. The van der Waals surface area contributed by atoms with E-state index in [0.29, 0.717) is 11.3 Å². The van der Waals surface area contributed by atoms with Gasteiger partial charge in [-0.15, -0.1) is 12.4 Å². The molecule has 0 spiro atoms. The Morgan fingerprint density at radius 3 is 2.47 bits per heavy atom. The predicted octanol–water partition coefficient (Wildman–Crippen LogP) is 2.93. The molecule has 5 heteroatoms. The zero-order chi connectivity index (χ0) is 12.8. The van der Waals surface area contributed by atoms with Crippen LogP contribution in [0.25, 0.3) is 0 Å². The number of pyridine rings is 1. The summed E-state index contributed by atoms with van der Waals surface area (Å²) in [6.45, 7) is 0. The Bertz CT molecular complexity index is 403. The Kier molecular flexibility index (Phi) is 6.64. The van der Waals surface area contributed by atoms with Gasteiger partial charge in [0.1, 0.15) is 0 Å². The van der Waals surface area contributed by atoms with Crippen LogP contribution in [-0.4, -0.2) is 16.9 Å². The molecule has 1 aromatic rings. The van der Waals surface area contributed by atoms with Crippen molar-refractivity contribution in [3.05, 3.63) is 24.0 Å². The van der Waals surface area contributed by atoms with Crippen LogP contribution in [0.1, 0.15) is 55.3 Å². The number of aromatic nitrogens is 1. The predicted molar refractivity (Wildman–Crippen MR) is 79.5 cm³/mol. The molecule has 0 aromatic carbocycles. The van der Waals surface area contributed by atoms with Gasteiger partial charge in [-0.1, -0.05) is 32.1 Å². The van der Waals surface area contributed by atoms with Gasteiger partial charge in [0, 0.05) is 24.1 Å². The first-order chi connectivity index (χ1) is 8.77. The van der Waals surface area contributed by atoms with Crippen LogP contribution >= 0.6 is 12.4 Å². The van der Waals surface area contributed by atoms with Gasteiger partial charge in [-0.05, 0) is 18.9 Å². The number of amides is 1. The van der Waals surface area contributed by atoms with Crippen molar-refractivity contribution in [1.82, 2.24) is 10.3 Å². The third-order valence-corrected chi connectivity index (χ3v) is 3.54. The molecule has 1 amide bonds. The monoisotopic (exact) mass is 283 g/mol. The lowest BCUT2D eigenvalue weighted by atomic mass is 9.96. The van der Waals surface area contributed by atoms with Gasteiger partial charge in [0.05, 0.1) is 5.56 Å². The Labute approximate surface area is 120 Å². The summed E-state index contributed by atoms with van der Waals surface area (Å²) in [5, 5.41) is 3.08. The number of hydrogen-bond donors (Lipinski definition) is 2. The van der Waals surface area contributed by atoms with Crippen molar-refractivity contribution in [1.29, 1.82) is 0 Å². The summed E-state index contributed by atoms with van der Waals surface area (Å²) in [6, 6.07) is 1.95. The van der Waals surface area contributed by atoms with E-state index in [1.807, 2.05) is 0 Å². The average molecular weight is 284 g/mol. The van der Waals surface area contributed by atoms with E-state index in [4.69, 9.17) is 5.73 Å². The second-order valence-corrected chi connectivity index (χ2v) is 4.98. The van der Waals surface area contributed by atoms with Crippen molar-refractivity contribution >= 4 is 24.0 Å². The van der Waals surface area contributed by atoms with E-state index in [2.05, 4.69) is 10.3 Å². The van der Waals surface area contributed by atoms with Gasteiger partial charge in [0.25, 0.3) is 5.91 Å². The molecular formula is C14H22ClN3O. The molecular weight excluding hydrogens is 262 g/mol. The van der Waals surface area contributed by atoms with E-state index in [0.717, 1.165) is 12.8 Å². The van der Waals surface area contributed by atoms with E-state index in [-0.39, 0.29) is 24.4 Å². The normalized spacial score (nSPS) is 16.8. The van der Waals surface area contributed by atoms with Crippen LogP contribution in [0.2, 0.25) is 0 Å². The highest BCUT2D eigenvalue weighted by Gasteiger charge is 2.16. The van der Waals surface area contributed by atoms with Crippen molar-refractivity contribution in [3.8, 4) is 0 Å². The fourth-order valence-electron chi connectivity index (χ4n) is 2.46. The lowest BCUT2D eigenvalue weighted by Crippen LogP contribution is -2.35. The maximum absolute atomic E-state index is 12.1. The quantitative estimate of drug-likeness (QED) is 0.877. The molecule has 4 nitrogen and oxygen atoms in total. The molecule has 3 N–H and O–H groups in total. The Balaban J connectivity index is 0.00000180. The summed E-state index contributed by atoms with van der Waals surface area (Å²) in [5.41, 5.74) is 6.76. The second-order valence-electron chi connectivity index (χ2n) is 4.98. The molecule has 0 bridgehead atoms. The van der Waals surface area contributed by atoms with Gasteiger partial charge in [-0.25, -0.2) is 0 Å². The molecule has 0 unspecified atom stereocenters. The summed E-state index contributed by atoms with van der Waals surface area (Å²) < 4.78 is 0. The summed E-state index contributed by atoms with van der Waals surface area (Å²) in [5.74, 6) is -0.0915. The van der Waals surface area contributed by atoms with E-state index < -0.39 is 0 Å². The minimum absolute atomic E-state index is 0. The number of carbonyl (C=O) groups excluding carboxylic acids is 1. The Hall–Kier alpha value is -1.29. The van der Waals surface area contributed by atoms with Gasteiger partial charge in [-0.2, -0.15) is 0 Å². The molecule has 1 aromatic heterocycles. The van der Waals surface area contributed by atoms with Crippen LogP contribution in [0.3, 0.4) is 0 Å². The number of nitrogens with one attached hydrogen (secondary N) is 1. The molecule has 0 radical (unpaired) electrons. The Morgan fingerprint density at radius 2 is 1.84 bits per heavy atom. The summed E-state index contributed by atoms with van der Waals surface area (Å²) in [4.78, 5) is 16.1. The molecule has 0 saturated heterocycles. The molecule has 0 aliphatic heterocycles. The van der Waals surface area contributed by atoms with Crippen LogP contribution in [0.4, 0.5) is 5.69 Å². The lowest BCUT2D eigenvalue weighted by Gasteiger charge is -2.21. The summed E-state index contributed by atoms with van der Waals surface area (Å²) >= 11 is 0. The summed E-state index contributed by atoms with van der Waals surface area (Å²) in [6.07, 6.45) is 11.6. The maximum Gasteiger partial charge on any atom is 0.255 e. The number of carbonyl (C=O) groups is 1. The number of halogens is 1. The molecule has 106 valence electrons. The van der Waals surface area contributed by atoms with E-state index >= 15 is 0 Å². The fraction of sp³-hybridized carbons (Fsp3) is 0.571. The largest absolute Gasteiger partial charge is 0.398 e. The van der Waals surface area contributed by atoms with Crippen molar-refractivity contribution < 1.29 is 4.79 Å². The van der Waals surface area contributed by atoms with Gasteiger partial charge < -0.3 is 11.1 Å². The highest BCUT2D eigenvalue weighted by atomic mass is 35.5. The minimum atomic E-state index is -0.0915. The fourth-order valence-corrected chi connectivity index (χ4v) is 2.46. The highest BCUT2D eigenvalue weighted by Crippen LogP contribution is 2.18. The van der Waals surface area contributed by atoms with E-state index in [9.17, 15) is 4.79 Å². The zero-order valence-corrected chi connectivity index (χ0v) is 11.9. The first-order valence-electron chi connectivity index (χ1n) is 6.78. The SMILES string of the molecule is Cl.Nc1ccncc1C(=O)NC1CCCCCCC1. The molecule has 2 rings (SSSR count). The third kappa shape index (κ3) is 4.71. The number of anilines is 1. The van der Waals surface area contributed by atoms with Crippen molar-refractivity contribution in [2.45, 2.75) is 51.0 Å². The second kappa shape index (κ2) is 8.00. The minimum Gasteiger partial charge on any atom is -0.398 e. The van der Waals surface area contributed by atoms with Crippen LogP contribution < -0.4 is 11.1 Å². The van der Waals surface area contributed by atoms with Crippen molar-refractivity contribution in [2.75, 3.05) is 5.73 Å². The molecule has 0 atom stereocenters. The smallest absolute Gasteiger partial charge is 0.255 e. The van der Waals surface area contributed by atoms with Crippen LogP contribution in [-0.2, 0) is 0 Å². The van der Waals surface area contributed by atoms with Gasteiger partial charge in [0.2, 0.25) is 0 Å². The molecule has 1 fully saturated rings. The van der Waals surface area contributed by atoms with Gasteiger partial charge in [0.15, 0.2) is 0 Å². The van der Waals surface area contributed by atoms with Gasteiger partial charge in [-0.3, -0.25) is 9.78 Å². The van der Waals surface area contributed by atoms with E-state index in [1.165, 1.54) is 38.3 Å². The number of hydrogen-bond acceptors (Lipinski definition) is 3. The number of nitrogens with two attached hydrogens (primary N) is 1. The summed E-state index contributed by atoms with van der Waals surface area (Å²) in [7, 11) is 0.